The van der Waals surface area contributed by atoms with Crippen LogP contribution in [0.15, 0.2) is 36.8 Å². The number of thiazole rings is 1. The van der Waals surface area contributed by atoms with Gasteiger partial charge in [0.05, 0.1) is 6.20 Å². The van der Waals surface area contributed by atoms with Crippen molar-refractivity contribution < 1.29 is 0 Å². The quantitative estimate of drug-likeness (QED) is 0.693. The van der Waals surface area contributed by atoms with Crippen LogP contribution in [0.1, 0.15) is 41.8 Å². The summed E-state index contributed by atoms with van der Waals surface area (Å²) in [5, 5.41) is 8.63. The van der Waals surface area contributed by atoms with Crippen LogP contribution in [-0.4, -0.2) is 37.7 Å². The average Bonchev–Trinajstić information content (AvgIpc) is 3.31. The van der Waals surface area contributed by atoms with Gasteiger partial charge in [0, 0.05) is 54.1 Å². The zero-order chi connectivity index (χ0) is 18.6. The van der Waals surface area contributed by atoms with Crippen LogP contribution in [0.4, 0.5) is 10.9 Å². The molecule has 4 heterocycles. The number of aromatic nitrogens is 4. The number of hydrogen-bond acceptors (Lipinski definition) is 6. The van der Waals surface area contributed by atoms with Crippen LogP contribution in [0.2, 0.25) is 0 Å². The Balaban J connectivity index is 1.42. The highest BCUT2D eigenvalue weighted by atomic mass is 32.1. The fraction of sp³-hybridized carbons (Fsp3) is 0.450. The number of pyridine rings is 1. The highest BCUT2D eigenvalue weighted by Crippen LogP contribution is 2.28. The second kappa shape index (κ2) is 8.19. The number of hydrogen-bond donors (Lipinski definition) is 1. The minimum Gasteiger partial charge on any atom is -0.316 e. The van der Waals surface area contributed by atoms with Gasteiger partial charge in [0.15, 0.2) is 5.13 Å². The average molecular weight is 383 g/mol. The predicted octanol–water partition coefficient (Wildman–Crippen LogP) is 4.19. The van der Waals surface area contributed by atoms with E-state index in [2.05, 4.69) is 52.5 Å². The molecule has 1 fully saturated rings. The Bertz CT molecular complexity index is 886. The first kappa shape index (κ1) is 18.1. The number of nitrogens with zero attached hydrogens (tertiary/aromatic N) is 5. The summed E-state index contributed by atoms with van der Waals surface area (Å²) in [7, 11) is 0. The van der Waals surface area contributed by atoms with Gasteiger partial charge < -0.3 is 5.32 Å². The summed E-state index contributed by atoms with van der Waals surface area (Å²) in [5.74, 6) is 1.35. The highest BCUT2D eigenvalue weighted by molar-refractivity contribution is 7.15. The van der Waals surface area contributed by atoms with Crippen molar-refractivity contribution in [2.24, 2.45) is 0 Å². The van der Waals surface area contributed by atoms with Gasteiger partial charge in [-0.05, 0) is 45.4 Å². The maximum atomic E-state index is 4.87. The fourth-order valence-corrected chi connectivity index (χ4v) is 4.30. The Kier molecular flexibility index (Phi) is 5.50. The number of aryl methyl sites for hydroxylation is 2. The molecule has 1 aliphatic rings. The molecule has 0 amide bonds. The zero-order valence-electron chi connectivity index (χ0n) is 15.9. The highest BCUT2D eigenvalue weighted by Gasteiger charge is 2.23. The summed E-state index contributed by atoms with van der Waals surface area (Å²) in [6, 6.07) is 6.26. The van der Waals surface area contributed by atoms with E-state index in [9.17, 15) is 0 Å². The molecular weight excluding hydrogens is 356 g/mol. The van der Waals surface area contributed by atoms with Gasteiger partial charge in [0.2, 0.25) is 0 Å². The van der Waals surface area contributed by atoms with E-state index in [1.807, 2.05) is 23.1 Å². The topological polar surface area (TPSA) is 58.9 Å². The lowest BCUT2D eigenvalue weighted by Gasteiger charge is -2.32. The van der Waals surface area contributed by atoms with Crippen molar-refractivity contribution in [1.29, 1.82) is 0 Å². The third-order valence-electron chi connectivity index (χ3n) is 4.97. The number of anilines is 2. The molecule has 142 valence electrons. The van der Waals surface area contributed by atoms with Crippen molar-refractivity contribution in [2.75, 3.05) is 18.4 Å². The smallest absolute Gasteiger partial charge is 0.188 e. The lowest BCUT2D eigenvalue weighted by Crippen LogP contribution is -2.34. The Morgan fingerprint density at radius 2 is 2.22 bits per heavy atom. The molecule has 6 nitrogen and oxygen atoms in total. The Hall–Kier alpha value is -2.25. The van der Waals surface area contributed by atoms with Gasteiger partial charge in [-0.15, -0.1) is 11.3 Å². The van der Waals surface area contributed by atoms with Crippen molar-refractivity contribution in [3.05, 3.63) is 52.9 Å². The molecule has 1 atom stereocenters. The van der Waals surface area contributed by atoms with Gasteiger partial charge in [0.25, 0.3) is 0 Å². The van der Waals surface area contributed by atoms with Gasteiger partial charge >= 0.3 is 0 Å². The monoisotopic (exact) mass is 382 g/mol. The summed E-state index contributed by atoms with van der Waals surface area (Å²) < 4.78 is 1.99. The first-order valence-electron chi connectivity index (χ1n) is 9.59. The van der Waals surface area contributed by atoms with Crippen LogP contribution in [0.25, 0.3) is 0 Å². The van der Waals surface area contributed by atoms with E-state index < -0.39 is 0 Å². The van der Waals surface area contributed by atoms with Gasteiger partial charge in [-0.25, -0.2) is 9.97 Å². The van der Waals surface area contributed by atoms with E-state index in [4.69, 9.17) is 4.98 Å². The van der Waals surface area contributed by atoms with Gasteiger partial charge in [-0.1, -0.05) is 6.07 Å². The van der Waals surface area contributed by atoms with Crippen LogP contribution in [0.3, 0.4) is 0 Å². The summed E-state index contributed by atoms with van der Waals surface area (Å²) in [4.78, 5) is 13.0. The van der Waals surface area contributed by atoms with Crippen LogP contribution < -0.4 is 5.32 Å². The van der Waals surface area contributed by atoms with Crippen molar-refractivity contribution in [3.8, 4) is 0 Å². The SMILES string of the molecule is CCn1cc(CN2CCC[C@@H](c3cccc(Nc4ncc(C)s4)n3)C2)cn1. The van der Waals surface area contributed by atoms with Crippen molar-refractivity contribution in [3.63, 3.8) is 0 Å². The molecular formula is C20H26N6S. The van der Waals surface area contributed by atoms with Crippen molar-refractivity contribution in [2.45, 2.75) is 45.7 Å². The van der Waals surface area contributed by atoms with E-state index in [1.165, 1.54) is 29.0 Å². The van der Waals surface area contributed by atoms with Crippen LogP contribution in [-0.2, 0) is 13.1 Å². The van der Waals surface area contributed by atoms with E-state index in [-0.39, 0.29) is 0 Å². The first-order chi connectivity index (χ1) is 13.2. The molecule has 1 N–H and O–H groups in total. The normalized spacial score (nSPS) is 17.9. The third-order valence-corrected chi connectivity index (χ3v) is 5.80. The van der Waals surface area contributed by atoms with E-state index in [0.29, 0.717) is 5.92 Å². The molecule has 0 aromatic carbocycles. The lowest BCUT2D eigenvalue weighted by molar-refractivity contribution is 0.198. The summed E-state index contributed by atoms with van der Waals surface area (Å²) in [5.41, 5.74) is 2.46. The molecule has 4 rings (SSSR count). The molecule has 1 saturated heterocycles. The molecule has 0 radical (unpaired) electrons. The van der Waals surface area contributed by atoms with Crippen LogP contribution >= 0.6 is 11.3 Å². The molecule has 27 heavy (non-hydrogen) atoms. The molecule has 1 aliphatic heterocycles. The third kappa shape index (κ3) is 4.54. The van der Waals surface area contributed by atoms with E-state index >= 15 is 0 Å². The van der Waals surface area contributed by atoms with E-state index in [1.54, 1.807) is 11.3 Å². The van der Waals surface area contributed by atoms with Gasteiger partial charge in [-0.2, -0.15) is 5.10 Å². The Morgan fingerprint density at radius 1 is 1.30 bits per heavy atom. The van der Waals surface area contributed by atoms with Gasteiger partial charge in [0.1, 0.15) is 5.82 Å². The lowest BCUT2D eigenvalue weighted by atomic mass is 9.94. The number of nitrogens with one attached hydrogen (secondary N) is 1. The number of piperidine rings is 1. The molecule has 0 saturated carbocycles. The molecule has 3 aromatic heterocycles. The van der Waals surface area contributed by atoms with Crippen LogP contribution in [0, 0.1) is 6.92 Å². The summed E-state index contributed by atoms with van der Waals surface area (Å²) in [6.45, 7) is 8.26. The Labute approximate surface area is 164 Å². The van der Waals surface area contributed by atoms with Gasteiger partial charge in [-0.3, -0.25) is 9.58 Å². The maximum absolute atomic E-state index is 4.87. The molecule has 0 bridgehead atoms. The minimum absolute atomic E-state index is 0.472. The Morgan fingerprint density at radius 3 is 3.00 bits per heavy atom. The molecule has 0 unspecified atom stereocenters. The van der Waals surface area contributed by atoms with Crippen molar-refractivity contribution >= 4 is 22.3 Å². The molecule has 0 spiro atoms. The number of rotatable bonds is 6. The first-order valence-corrected chi connectivity index (χ1v) is 10.4. The molecule has 3 aromatic rings. The molecule has 0 aliphatic carbocycles. The standard InChI is InChI=1S/C20H26N6S/c1-3-26-13-16(11-22-26)12-25-9-5-6-17(14-25)18-7-4-8-19(23-18)24-20-21-10-15(2)27-20/h4,7-8,10-11,13,17H,3,5-6,9,12,14H2,1-2H3,(H,21,23,24)/t17-/m1/s1. The second-order valence-electron chi connectivity index (χ2n) is 7.13. The maximum Gasteiger partial charge on any atom is 0.188 e. The largest absolute Gasteiger partial charge is 0.316 e. The second-order valence-corrected chi connectivity index (χ2v) is 8.36. The van der Waals surface area contributed by atoms with E-state index in [0.717, 1.165) is 37.1 Å². The molecule has 7 heteroatoms. The summed E-state index contributed by atoms with van der Waals surface area (Å²) in [6.07, 6.45) is 8.43. The zero-order valence-corrected chi connectivity index (χ0v) is 16.7. The predicted molar refractivity (Wildman–Crippen MR) is 110 cm³/mol. The summed E-state index contributed by atoms with van der Waals surface area (Å²) >= 11 is 1.65. The fourth-order valence-electron chi connectivity index (χ4n) is 3.63. The minimum atomic E-state index is 0.472. The van der Waals surface area contributed by atoms with Crippen LogP contribution in [0.5, 0.6) is 0 Å². The number of likely N-dealkylation sites (tertiary alicyclic amines) is 1. The van der Waals surface area contributed by atoms with Crippen molar-refractivity contribution in [1.82, 2.24) is 24.6 Å².